The van der Waals surface area contributed by atoms with Crippen molar-refractivity contribution >= 4 is 21.6 Å². The minimum absolute atomic E-state index is 0.109. The van der Waals surface area contributed by atoms with Gasteiger partial charge in [0.25, 0.3) is 5.56 Å². The van der Waals surface area contributed by atoms with Gasteiger partial charge in [0, 0.05) is 25.5 Å². The summed E-state index contributed by atoms with van der Waals surface area (Å²) in [6, 6.07) is 1.91. The highest BCUT2D eigenvalue weighted by molar-refractivity contribution is 7.13. The fourth-order valence-electron chi connectivity index (χ4n) is 2.30. The Labute approximate surface area is 104 Å². The molecule has 0 spiro atoms. The Balaban J connectivity index is 1.80. The predicted molar refractivity (Wildman–Crippen MR) is 69.6 cm³/mol. The summed E-state index contributed by atoms with van der Waals surface area (Å²) < 4.78 is 2.89. The summed E-state index contributed by atoms with van der Waals surface area (Å²) in [6.45, 7) is 4.15. The van der Waals surface area contributed by atoms with E-state index < -0.39 is 0 Å². The second kappa shape index (κ2) is 4.58. The number of likely N-dealkylation sites (tertiary alicyclic amines) is 1. The van der Waals surface area contributed by atoms with Crippen LogP contribution in [0.5, 0.6) is 0 Å². The Morgan fingerprint density at radius 1 is 1.29 bits per heavy atom. The minimum atomic E-state index is 0.109. The van der Waals surface area contributed by atoms with Crippen molar-refractivity contribution in [3.63, 3.8) is 0 Å². The molecule has 1 aliphatic rings. The van der Waals surface area contributed by atoms with Crippen molar-refractivity contribution in [2.75, 3.05) is 19.6 Å². The molecule has 2 aromatic heterocycles. The maximum atomic E-state index is 12.0. The third-order valence-electron chi connectivity index (χ3n) is 3.26. The van der Waals surface area contributed by atoms with Crippen molar-refractivity contribution < 1.29 is 0 Å². The number of pyridine rings is 1. The first-order chi connectivity index (χ1) is 8.34. The molecule has 3 heterocycles. The number of rotatable bonds is 3. The summed E-state index contributed by atoms with van der Waals surface area (Å²) in [5.74, 6) is 0. The van der Waals surface area contributed by atoms with Crippen LogP contribution in [0.1, 0.15) is 12.8 Å². The standard InChI is InChI=1S/C12H15N3OS/c16-12-10-9-13-4-3-11(10)17-15(12)8-7-14-5-1-2-6-14/h3-4,9H,1-2,5-8H2. The van der Waals surface area contributed by atoms with Crippen molar-refractivity contribution in [1.82, 2.24) is 13.8 Å². The van der Waals surface area contributed by atoms with E-state index in [2.05, 4.69) is 9.88 Å². The first-order valence-electron chi connectivity index (χ1n) is 6.01. The van der Waals surface area contributed by atoms with Gasteiger partial charge in [-0.3, -0.25) is 13.7 Å². The summed E-state index contributed by atoms with van der Waals surface area (Å²) >= 11 is 1.54. The van der Waals surface area contributed by atoms with E-state index in [1.807, 2.05) is 10.0 Å². The Morgan fingerprint density at radius 2 is 2.12 bits per heavy atom. The van der Waals surface area contributed by atoms with E-state index in [0.29, 0.717) is 0 Å². The van der Waals surface area contributed by atoms with E-state index in [0.717, 1.165) is 23.2 Å². The highest BCUT2D eigenvalue weighted by atomic mass is 32.1. The molecule has 0 radical (unpaired) electrons. The average Bonchev–Trinajstić information content (AvgIpc) is 2.96. The Morgan fingerprint density at radius 3 is 2.88 bits per heavy atom. The fourth-order valence-corrected chi connectivity index (χ4v) is 3.25. The SMILES string of the molecule is O=c1c2cnccc2sn1CCN1CCCC1. The molecule has 0 N–H and O–H groups in total. The third kappa shape index (κ3) is 2.12. The van der Waals surface area contributed by atoms with Gasteiger partial charge < -0.3 is 4.90 Å². The molecule has 1 aliphatic heterocycles. The van der Waals surface area contributed by atoms with E-state index in [9.17, 15) is 4.79 Å². The Bertz CT molecular complexity index is 568. The quantitative estimate of drug-likeness (QED) is 0.828. The topological polar surface area (TPSA) is 38.1 Å². The molecule has 90 valence electrons. The van der Waals surface area contributed by atoms with Crippen LogP contribution in [0.4, 0.5) is 0 Å². The van der Waals surface area contributed by atoms with Gasteiger partial charge >= 0.3 is 0 Å². The van der Waals surface area contributed by atoms with Crippen LogP contribution < -0.4 is 5.56 Å². The van der Waals surface area contributed by atoms with Crippen LogP contribution >= 0.6 is 11.5 Å². The number of hydrogen-bond acceptors (Lipinski definition) is 4. The monoisotopic (exact) mass is 249 g/mol. The lowest BCUT2D eigenvalue weighted by molar-refractivity contribution is 0.326. The lowest BCUT2D eigenvalue weighted by Crippen LogP contribution is -2.26. The smallest absolute Gasteiger partial charge is 0.270 e. The maximum Gasteiger partial charge on any atom is 0.270 e. The molecule has 5 heteroatoms. The Kier molecular flexibility index (Phi) is 2.94. The van der Waals surface area contributed by atoms with Gasteiger partial charge in [-0.15, -0.1) is 0 Å². The summed E-state index contributed by atoms with van der Waals surface area (Å²) in [6.07, 6.45) is 6.00. The molecular weight excluding hydrogens is 234 g/mol. The molecule has 1 saturated heterocycles. The Hall–Kier alpha value is -1.20. The molecule has 0 unspecified atom stereocenters. The molecule has 0 aromatic carbocycles. The second-order valence-electron chi connectivity index (χ2n) is 4.42. The zero-order valence-corrected chi connectivity index (χ0v) is 10.4. The molecule has 1 fully saturated rings. The summed E-state index contributed by atoms with van der Waals surface area (Å²) in [4.78, 5) is 18.5. The first kappa shape index (κ1) is 10.9. The fraction of sp³-hybridized carbons (Fsp3) is 0.500. The normalized spacial score (nSPS) is 16.9. The molecule has 0 amide bonds. The van der Waals surface area contributed by atoms with Crippen molar-refractivity contribution in [1.29, 1.82) is 0 Å². The number of hydrogen-bond donors (Lipinski definition) is 0. The van der Waals surface area contributed by atoms with Gasteiger partial charge in [0.2, 0.25) is 0 Å². The van der Waals surface area contributed by atoms with Crippen molar-refractivity contribution in [3.8, 4) is 0 Å². The molecule has 0 bridgehead atoms. The van der Waals surface area contributed by atoms with E-state index in [-0.39, 0.29) is 5.56 Å². The zero-order chi connectivity index (χ0) is 11.7. The number of nitrogens with zero attached hydrogens (tertiary/aromatic N) is 3. The van der Waals surface area contributed by atoms with Crippen LogP contribution in [0, 0.1) is 0 Å². The molecule has 0 aliphatic carbocycles. The van der Waals surface area contributed by atoms with Crippen molar-refractivity contribution in [3.05, 3.63) is 28.8 Å². The molecule has 3 rings (SSSR count). The average molecular weight is 249 g/mol. The van der Waals surface area contributed by atoms with Crippen molar-refractivity contribution in [2.24, 2.45) is 0 Å². The molecule has 0 atom stereocenters. The first-order valence-corrected chi connectivity index (χ1v) is 6.78. The highest BCUT2D eigenvalue weighted by Gasteiger charge is 2.12. The lowest BCUT2D eigenvalue weighted by atomic mass is 10.4. The van der Waals surface area contributed by atoms with Gasteiger partial charge in [-0.1, -0.05) is 11.5 Å². The molecule has 0 saturated carbocycles. The number of fused-ring (bicyclic) bond motifs is 1. The van der Waals surface area contributed by atoms with Crippen LogP contribution in [-0.2, 0) is 6.54 Å². The zero-order valence-electron chi connectivity index (χ0n) is 9.63. The van der Waals surface area contributed by atoms with Gasteiger partial charge in [-0.2, -0.15) is 0 Å². The number of aromatic nitrogens is 2. The molecule has 17 heavy (non-hydrogen) atoms. The van der Waals surface area contributed by atoms with Gasteiger partial charge in [0.05, 0.1) is 10.1 Å². The van der Waals surface area contributed by atoms with E-state index in [4.69, 9.17) is 0 Å². The maximum absolute atomic E-state index is 12.0. The van der Waals surface area contributed by atoms with Gasteiger partial charge in [-0.25, -0.2) is 0 Å². The summed E-state index contributed by atoms with van der Waals surface area (Å²) in [5.41, 5.74) is 0.109. The predicted octanol–water partition coefficient (Wildman–Crippen LogP) is 1.55. The summed E-state index contributed by atoms with van der Waals surface area (Å²) in [5, 5.41) is 0.749. The lowest BCUT2D eigenvalue weighted by Gasteiger charge is -2.13. The van der Waals surface area contributed by atoms with Crippen molar-refractivity contribution in [2.45, 2.75) is 19.4 Å². The third-order valence-corrected chi connectivity index (χ3v) is 4.39. The van der Waals surface area contributed by atoms with Gasteiger partial charge in [-0.05, 0) is 32.0 Å². The van der Waals surface area contributed by atoms with Crippen LogP contribution in [-0.4, -0.2) is 33.5 Å². The van der Waals surface area contributed by atoms with E-state index in [1.54, 1.807) is 23.9 Å². The largest absolute Gasteiger partial charge is 0.302 e. The molecule has 2 aromatic rings. The minimum Gasteiger partial charge on any atom is -0.302 e. The van der Waals surface area contributed by atoms with E-state index in [1.165, 1.54) is 25.9 Å². The molecular formula is C12H15N3OS. The van der Waals surface area contributed by atoms with Gasteiger partial charge in [0.1, 0.15) is 0 Å². The van der Waals surface area contributed by atoms with Gasteiger partial charge in [0.15, 0.2) is 0 Å². The van der Waals surface area contributed by atoms with Crippen LogP contribution in [0.15, 0.2) is 23.3 Å². The second-order valence-corrected chi connectivity index (χ2v) is 5.48. The van der Waals surface area contributed by atoms with Crippen LogP contribution in [0.3, 0.4) is 0 Å². The van der Waals surface area contributed by atoms with Crippen LogP contribution in [0.25, 0.3) is 10.1 Å². The highest BCUT2D eigenvalue weighted by Crippen LogP contribution is 2.15. The summed E-state index contributed by atoms with van der Waals surface area (Å²) in [7, 11) is 0. The molecule has 4 nitrogen and oxygen atoms in total. The van der Waals surface area contributed by atoms with E-state index >= 15 is 0 Å². The van der Waals surface area contributed by atoms with Crippen LogP contribution in [0.2, 0.25) is 0 Å².